The summed E-state index contributed by atoms with van der Waals surface area (Å²) in [6.45, 7) is 0. The van der Waals surface area contributed by atoms with Crippen LogP contribution in [0.5, 0.6) is 0 Å². The number of halogens is 1. The van der Waals surface area contributed by atoms with E-state index >= 15 is 0 Å². The number of pyridine rings is 3. The van der Waals surface area contributed by atoms with E-state index in [0.717, 1.165) is 27.9 Å². The van der Waals surface area contributed by atoms with Crippen molar-refractivity contribution in [1.82, 2.24) is 35.1 Å². The number of nitrogens with one attached hydrogen (secondary N) is 2. The van der Waals surface area contributed by atoms with Gasteiger partial charge in [-0.15, -0.1) is 0 Å². The normalized spacial score (nSPS) is 11.4. The Labute approximate surface area is 180 Å². The second-order valence-electron chi connectivity index (χ2n) is 7.32. The lowest BCUT2D eigenvalue weighted by Gasteiger charge is -2.02. The molecule has 5 aromatic heterocycles. The van der Waals surface area contributed by atoms with Crippen molar-refractivity contribution in [2.75, 3.05) is 5.73 Å². The summed E-state index contributed by atoms with van der Waals surface area (Å²) in [5.41, 5.74) is 12.9. The van der Waals surface area contributed by atoms with Gasteiger partial charge in [-0.25, -0.2) is 14.4 Å². The Morgan fingerprint density at radius 3 is 2.50 bits per heavy atom. The molecule has 4 N–H and O–H groups in total. The zero-order valence-electron chi connectivity index (χ0n) is 16.5. The number of rotatable bonds is 3. The molecular weight excluding hydrogens is 407 g/mol. The van der Waals surface area contributed by atoms with Crippen LogP contribution < -0.4 is 5.73 Å². The highest BCUT2D eigenvalue weighted by Crippen LogP contribution is 2.30. The monoisotopic (exact) mass is 422 g/mol. The molecule has 8 nitrogen and oxygen atoms in total. The molecule has 32 heavy (non-hydrogen) atoms. The maximum atomic E-state index is 13.4. The van der Waals surface area contributed by atoms with Crippen molar-refractivity contribution < 1.29 is 4.39 Å². The van der Waals surface area contributed by atoms with Gasteiger partial charge in [0.1, 0.15) is 16.9 Å². The summed E-state index contributed by atoms with van der Waals surface area (Å²) in [6, 6.07) is 13.6. The van der Waals surface area contributed by atoms with E-state index in [1.54, 1.807) is 30.7 Å². The Morgan fingerprint density at radius 2 is 1.66 bits per heavy atom. The minimum atomic E-state index is -0.302. The molecule has 0 spiro atoms. The molecule has 0 aliphatic carbocycles. The summed E-state index contributed by atoms with van der Waals surface area (Å²) in [7, 11) is 0. The average molecular weight is 422 g/mol. The Balaban J connectivity index is 1.50. The quantitative estimate of drug-likeness (QED) is 0.390. The minimum Gasteiger partial charge on any atom is -0.397 e. The first kappa shape index (κ1) is 18.1. The van der Waals surface area contributed by atoms with Crippen molar-refractivity contribution in [3.8, 4) is 34.0 Å². The second kappa shape index (κ2) is 6.95. The molecule has 0 amide bonds. The van der Waals surface area contributed by atoms with Gasteiger partial charge in [-0.05, 0) is 48.5 Å². The van der Waals surface area contributed by atoms with Crippen LogP contribution in [0.2, 0.25) is 0 Å². The molecule has 6 rings (SSSR count). The van der Waals surface area contributed by atoms with Gasteiger partial charge in [0, 0.05) is 29.7 Å². The maximum absolute atomic E-state index is 13.4. The Morgan fingerprint density at radius 1 is 0.812 bits per heavy atom. The van der Waals surface area contributed by atoms with E-state index < -0.39 is 0 Å². The number of hydrogen-bond donors (Lipinski definition) is 3. The van der Waals surface area contributed by atoms with Crippen molar-refractivity contribution in [3.05, 3.63) is 72.9 Å². The Bertz CT molecular complexity index is 1600. The number of aromatic amines is 2. The van der Waals surface area contributed by atoms with Crippen molar-refractivity contribution >= 4 is 27.8 Å². The largest absolute Gasteiger partial charge is 0.397 e. The number of imidazole rings is 1. The van der Waals surface area contributed by atoms with E-state index in [4.69, 9.17) is 15.7 Å². The third-order valence-electron chi connectivity index (χ3n) is 5.21. The summed E-state index contributed by atoms with van der Waals surface area (Å²) < 4.78 is 13.4. The minimum absolute atomic E-state index is 0.302. The first-order valence-corrected chi connectivity index (χ1v) is 9.83. The first-order valence-electron chi connectivity index (χ1n) is 9.83. The fourth-order valence-electron chi connectivity index (χ4n) is 3.69. The zero-order chi connectivity index (χ0) is 21.7. The molecule has 0 atom stereocenters. The van der Waals surface area contributed by atoms with Gasteiger partial charge in [-0.3, -0.25) is 15.1 Å². The van der Waals surface area contributed by atoms with Crippen molar-refractivity contribution in [1.29, 1.82) is 0 Å². The van der Waals surface area contributed by atoms with Gasteiger partial charge in [-0.2, -0.15) is 5.10 Å². The predicted molar refractivity (Wildman–Crippen MR) is 120 cm³/mol. The highest BCUT2D eigenvalue weighted by molar-refractivity contribution is 5.95. The smallest absolute Gasteiger partial charge is 0.161 e. The number of H-pyrrole nitrogens is 2. The van der Waals surface area contributed by atoms with Crippen molar-refractivity contribution in [3.63, 3.8) is 0 Å². The highest BCUT2D eigenvalue weighted by atomic mass is 19.1. The molecule has 5 heterocycles. The number of aromatic nitrogens is 7. The van der Waals surface area contributed by atoms with E-state index in [1.807, 2.05) is 24.3 Å². The molecule has 0 bridgehead atoms. The molecule has 6 aromatic rings. The number of nitrogens with zero attached hydrogens (tertiary/aromatic N) is 5. The molecular formula is C23H15FN8. The molecule has 0 aliphatic heterocycles. The van der Waals surface area contributed by atoms with Crippen LogP contribution in [0.3, 0.4) is 0 Å². The molecule has 1 aromatic carbocycles. The topological polar surface area (TPSA) is 122 Å². The predicted octanol–water partition coefficient (Wildman–Crippen LogP) is 4.35. The summed E-state index contributed by atoms with van der Waals surface area (Å²) in [6.07, 6.45) is 4.99. The lowest BCUT2D eigenvalue weighted by molar-refractivity contribution is 0.628. The Hall–Kier alpha value is -4.66. The number of hydrogen-bond acceptors (Lipinski definition) is 6. The van der Waals surface area contributed by atoms with Gasteiger partial charge in [0.15, 0.2) is 11.5 Å². The summed E-state index contributed by atoms with van der Waals surface area (Å²) in [4.78, 5) is 21.4. The van der Waals surface area contributed by atoms with Gasteiger partial charge in [0.25, 0.3) is 0 Å². The second-order valence-corrected chi connectivity index (χ2v) is 7.32. The fraction of sp³-hybridized carbons (Fsp3) is 0. The van der Waals surface area contributed by atoms with Crippen molar-refractivity contribution in [2.45, 2.75) is 0 Å². The average Bonchev–Trinajstić information content (AvgIpc) is 3.43. The molecule has 0 saturated heterocycles. The molecule has 0 radical (unpaired) electrons. The zero-order valence-corrected chi connectivity index (χ0v) is 16.5. The molecule has 0 fully saturated rings. The SMILES string of the molecule is Nc1cncc(-c2ccc3[nH]nc(-c4nc5c(-c6ccc(F)cc6)nccc5[nH]4)c3n2)c1. The number of benzene rings is 1. The molecule has 154 valence electrons. The van der Waals surface area contributed by atoms with E-state index in [1.165, 1.54) is 12.1 Å². The van der Waals surface area contributed by atoms with E-state index in [2.05, 4.69) is 25.1 Å². The van der Waals surface area contributed by atoms with Crippen LogP contribution in [0.4, 0.5) is 10.1 Å². The number of nitrogens with two attached hydrogens (primary N) is 1. The number of nitrogen functional groups attached to an aromatic ring is 1. The third kappa shape index (κ3) is 2.95. The van der Waals surface area contributed by atoms with E-state index in [0.29, 0.717) is 33.9 Å². The van der Waals surface area contributed by atoms with Crippen LogP contribution in [-0.4, -0.2) is 35.1 Å². The van der Waals surface area contributed by atoms with Gasteiger partial charge >= 0.3 is 0 Å². The maximum Gasteiger partial charge on any atom is 0.161 e. The first-order chi connectivity index (χ1) is 15.7. The van der Waals surface area contributed by atoms with E-state index in [-0.39, 0.29) is 5.82 Å². The lowest BCUT2D eigenvalue weighted by atomic mass is 10.1. The number of anilines is 1. The fourth-order valence-corrected chi connectivity index (χ4v) is 3.69. The number of fused-ring (bicyclic) bond motifs is 2. The molecule has 9 heteroatoms. The summed E-state index contributed by atoms with van der Waals surface area (Å²) >= 11 is 0. The molecule has 0 saturated carbocycles. The van der Waals surface area contributed by atoms with Crippen LogP contribution in [0.15, 0.2) is 67.1 Å². The third-order valence-corrected chi connectivity index (χ3v) is 5.21. The van der Waals surface area contributed by atoms with Crippen molar-refractivity contribution in [2.24, 2.45) is 0 Å². The lowest BCUT2D eigenvalue weighted by Crippen LogP contribution is -1.90. The van der Waals surface area contributed by atoms with Crippen LogP contribution in [0.25, 0.3) is 56.1 Å². The molecule has 0 aliphatic rings. The standard InChI is InChI=1S/C23H15FN8/c24-14-3-1-12(2-4-14)19-20-17(7-8-27-19)29-23(30-20)22-21-18(31-32-22)6-5-16(28-21)13-9-15(25)11-26-10-13/h1-11H,25H2,(H,29,30)(H,31,32). The van der Waals surface area contributed by atoms with Gasteiger partial charge < -0.3 is 10.7 Å². The molecule has 0 unspecified atom stereocenters. The summed E-state index contributed by atoms with van der Waals surface area (Å²) in [5.74, 6) is 0.252. The van der Waals surface area contributed by atoms with Gasteiger partial charge in [0.2, 0.25) is 0 Å². The Kier molecular flexibility index (Phi) is 3.94. The van der Waals surface area contributed by atoms with Crippen LogP contribution in [-0.2, 0) is 0 Å². The van der Waals surface area contributed by atoms with Crippen LogP contribution in [0, 0.1) is 5.82 Å². The van der Waals surface area contributed by atoms with Gasteiger partial charge in [-0.1, -0.05) is 0 Å². The van der Waals surface area contributed by atoms with Crippen LogP contribution >= 0.6 is 0 Å². The highest BCUT2D eigenvalue weighted by Gasteiger charge is 2.17. The van der Waals surface area contributed by atoms with Crippen LogP contribution in [0.1, 0.15) is 0 Å². The van der Waals surface area contributed by atoms with E-state index in [9.17, 15) is 4.39 Å². The summed E-state index contributed by atoms with van der Waals surface area (Å²) in [5, 5.41) is 7.44. The van der Waals surface area contributed by atoms with Gasteiger partial charge in [0.05, 0.1) is 28.1 Å².